The zero-order chi connectivity index (χ0) is 19.8. The first kappa shape index (κ1) is 20.4. The summed E-state index contributed by atoms with van der Waals surface area (Å²) in [5.74, 6) is -0.871. The molecular weight excluding hydrogens is 351 g/mol. The van der Waals surface area contributed by atoms with E-state index in [1.807, 2.05) is 11.8 Å². The summed E-state index contributed by atoms with van der Waals surface area (Å²) in [6.45, 7) is 3.15. The van der Waals surface area contributed by atoms with Crippen molar-refractivity contribution < 1.29 is 23.5 Å². The number of carbonyl (C=O) groups excluding carboxylic acids is 2. The monoisotopic (exact) mass is 374 g/mol. The maximum Gasteiger partial charge on any atom is 0.337 e. The van der Waals surface area contributed by atoms with Crippen molar-refractivity contribution in [1.29, 1.82) is 0 Å². The van der Waals surface area contributed by atoms with E-state index >= 15 is 0 Å². The highest BCUT2D eigenvalue weighted by Gasteiger charge is 2.12. The van der Waals surface area contributed by atoms with Gasteiger partial charge in [0.05, 0.1) is 26.3 Å². The molecule has 0 aliphatic rings. The average molecular weight is 374 g/mol. The van der Waals surface area contributed by atoms with E-state index in [-0.39, 0.29) is 18.2 Å². The fourth-order valence-electron chi connectivity index (χ4n) is 2.56. The largest absolute Gasteiger partial charge is 0.494 e. The van der Waals surface area contributed by atoms with Gasteiger partial charge >= 0.3 is 5.97 Å². The van der Waals surface area contributed by atoms with Crippen molar-refractivity contribution in [3.05, 3.63) is 59.4 Å². The molecule has 0 atom stereocenters. The quantitative estimate of drug-likeness (QED) is 0.719. The van der Waals surface area contributed by atoms with Crippen LogP contribution in [0.4, 0.5) is 10.1 Å². The van der Waals surface area contributed by atoms with Crippen LogP contribution in [0.3, 0.4) is 0 Å². The zero-order valence-electron chi connectivity index (χ0n) is 15.6. The third-order valence-corrected chi connectivity index (χ3v) is 4.03. The minimum absolute atomic E-state index is 0.156. The first-order valence-corrected chi connectivity index (χ1v) is 8.49. The SMILES string of the molecule is CCN(CC(=O)Nc1ccc(C(=O)OC)cc1)Cc1ccc(OC)c(F)c1. The van der Waals surface area contributed by atoms with Gasteiger partial charge in [-0.05, 0) is 48.5 Å². The van der Waals surface area contributed by atoms with Gasteiger partial charge in [0, 0.05) is 12.2 Å². The fraction of sp³-hybridized carbons (Fsp3) is 0.300. The summed E-state index contributed by atoms with van der Waals surface area (Å²) in [4.78, 5) is 25.6. The summed E-state index contributed by atoms with van der Waals surface area (Å²) < 4.78 is 23.4. The van der Waals surface area contributed by atoms with Crippen LogP contribution in [0.5, 0.6) is 5.75 Å². The second kappa shape index (κ2) is 9.68. The maximum atomic E-state index is 13.8. The Balaban J connectivity index is 1.94. The molecular formula is C20H23FN2O4. The molecule has 0 aliphatic carbocycles. The van der Waals surface area contributed by atoms with Crippen LogP contribution in [0.15, 0.2) is 42.5 Å². The van der Waals surface area contributed by atoms with Crippen molar-refractivity contribution in [2.24, 2.45) is 0 Å². The van der Waals surface area contributed by atoms with Gasteiger partial charge in [-0.25, -0.2) is 9.18 Å². The number of benzene rings is 2. The molecule has 6 nitrogen and oxygen atoms in total. The predicted molar refractivity (Wildman–Crippen MR) is 100 cm³/mol. The lowest BCUT2D eigenvalue weighted by Gasteiger charge is -2.20. The highest BCUT2D eigenvalue weighted by Crippen LogP contribution is 2.18. The molecule has 0 spiro atoms. The lowest BCUT2D eigenvalue weighted by molar-refractivity contribution is -0.117. The van der Waals surface area contributed by atoms with Gasteiger partial charge in [-0.1, -0.05) is 13.0 Å². The summed E-state index contributed by atoms with van der Waals surface area (Å²) in [7, 11) is 2.73. The minimum atomic E-state index is -0.434. The second-order valence-corrected chi connectivity index (χ2v) is 5.89. The molecule has 0 fully saturated rings. The van der Waals surface area contributed by atoms with E-state index in [1.165, 1.54) is 20.3 Å². The van der Waals surface area contributed by atoms with Crippen molar-refractivity contribution in [2.75, 3.05) is 32.6 Å². The molecule has 0 saturated heterocycles. The molecule has 2 aromatic carbocycles. The summed E-state index contributed by atoms with van der Waals surface area (Å²) >= 11 is 0. The second-order valence-electron chi connectivity index (χ2n) is 5.89. The van der Waals surface area contributed by atoms with Crippen molar-refractivity contribution >= 4 is 17.6 Å². The van der Waals surface area contributed by atoms with Crippen molar-refractivity contribution in [3.8, 4) is 5.75 Å². The van der Waals surface area contributed by atoms with Crippen LogP contribution < -0.4 is 10.1 Å². The van der Waals surface area contributed by atoms with Gasteiger partial charge in [0.1, 0.15) is 0 Å². The van der Waals surface area contributed by atoms with Crippen LogP contribution >= 0.6 is 0 Å². The van der Waals surface area contributed by atoms with E-state index in [9.17, 15) is 14.0 Å². The highest BCUT2D eigenvalue weighted by atomic mass is 19.1. The molecule has 0 aromatic heterocycles. The van der Waals surface area contributed by atoms with Gasteiger partial charge < -0.3 is 14.8 Å². The Kier molecular flexibility index (Phi) is 7.31. The number of esters is 1. The van der Waals surface area contributed by atoms with Crippen molar-refractivity contribution in [2.45, 2.75) is 13.5 Å². The molecule has 0 unspecified atom stereocenters. The van der Waals surface area contributed by atoms with Crippen LogP contribution in [0.1, 0.15) is 22.8 Å². The van der Waals surface area contributed by atoms with Gasteiger partial charge in [0.2, 0.25) is 5.91 Å². The number of hydrogen-bond acceptors (Lipinski definition) is 5. The zero-order valence-corrected chi connectivity index (χ0v) is 15.6. The predicted octanol–water partition coefficient (Wildman–Crippen LogP) is 3.08. The number of likely N-dealkylation sites (N-methyl/N-ethyl adjacent to an activating group) is 1. The van der Waals surface area contributed by atoms with Crippen LogP contribution in [0, 0.1) is 5.82 Å². The normalized spacial score (nSPS) is 10.6. The fourth-order valence-corrected chi connectivity index (χ4v) is 2.56. The third-order valence-electron chi connectivity index (χ3n) is 4.03. The number of halogens is 1. The summed E-state index contributed by atoms with van der Waals surface area (Å²) in [6.07, 6.45) is 0. The minimum Gasteiger partial charge on any atom is -0.494 e. The number of nitrogens with zero attached hydrogens (tertiary/aromatic N) is 1. The number of anilines is 1. The summed E-state index contributed by atoms with van der Waals surface area (Å²) in [6, 6.07) is 11.2. The number of methoxy groups -OCH3 is 2. The van der Waals surface area contributed by atoms with Crippen LogP contribution in [0.25, 0.3) is 0 Å². The van der Waals surface area contributed by atoms with Gasteiger partial charge in [0.15, 0.2) is 11.6 Å². The van der Waals surface area contributed by atoms with Crippen LogP contribution in [-0.2, 0) is 16.1 Å². The van der Waals surface area contributed by atoms with Gasteiger partial charge in [-0.2, -0.15) is 0 Å². The standard InChI is InChI=1S/C20H23FN2O4/c1-4-23(12-14-5-10-18(26-2)17(21)11-14)13-19(24)22-16-8-6-15(7-9-16)20(25)27-3/h5-11H,4,12-13H2,1-3H3,(H,22,24). The Hall–Kier alpha value is -2.93. The molecule has 0 radical (unpaired) electrons. The lowest BCUT2D eigenvalue weighted by Crippen LogP contribution is -2.32. The molecule has 1 N–H and O–H groups in total. The maximum absolute atomic E-state index is 13.8. The molecule has 2 rings (SSSR count). The van der Waals surface area contributed by atoms with E-state index in [2.05, 4.69) is 10.1 Å². The molecule has 0 saturated carbocycles. The van der Waals surface area contributed by atoms with Gasteiger partial charge in [0.25, 0.3) is 0 Å². The number of carbonyl (C=O) groups is 2. The van der Waals surface area contributed by atoms with E-state index in [0.717, 1.165) is 5.56 Å². The van der Waals surface area contributed by atoms with E-state index in [0.29, 0.717) is 24.3 Å². The van der Waals surface area contributed by atoms with E-state index in [4.69, 9.17) is 4.74 Å². The average Bonchev–Trinajstić information content (AvgIpc) is 2.67. The third kappa shape index (κ3) is 5.79. The number of rotatable bonds is 8. The number of nitrogens with one attached hydrogen (secondary N) is 1. The van der Waals surface area contributed by atoms with Crippen molar-refractivity contribution in [3.63, 3.8) is 0 Å². The highest BCUT2D eigenvalue weighted by molar-refractivity contribution is 5.93. The van der Waals surface area contributed by atoms with Crippen LogP contribution in [-0.4, -0.2) is 44.1 Å². The van der Waals surface area contributed by atoms with Crippen LogP contribution in [0.2, 0.25) is 0 Å². The molecule has 144 valence electrons. The Morgan fingerprint density at radius 3 is 2.37 bits per heavy atom. The number of amides is 1. The first-order valence-electron chi connectivity index (χ1n) is 8.49. The Morgan fingerprint density at radius 1 is 1.11 bits per heavy atom. The summed E-state index contributed by atoms with van der Waals surface area (Å²) in [5, 5.41) is 2.78. The van der Waals surface area contributed by atoms with E-state index < -0.39 is 11.8 Å². The van der Waals surface area contributed by atoms with Gasteiger partial charge in [-0.3, -0.25) is 9.69 Å². The Labute approximate surface area is 157 Å². The van der Waals surface area contributed by atoms with E-state index in [1.54, 1.807) is 36.4 Å². The number of ether oxygens (including phenoxy) is 2. The molecule has 27 heavy (non-hydrogen) atoms. The number of hydrogen-bond donors (Lipinski definition) is 1. The first-order chi connectivity index (χ1) is 13.0. The van der Waals surface area contributed by atoms with Crippen molar-refractivity contribution in [1.82, 2.24) is 4.90 Å². The topological polar surface area (TPSA) is 67.9 Å². The molecule has 1 amide bonds. The Bertz CT molecular complexity index is 793. The summed E-state index contributed by atoms with van der Waals surface area (Å²) in [5.41, 5.74) is 1.75. The molecule has 0 bridgehead atoms. The lowest BCUT2D eigenvalue weighted by atomic mass is 10.2. The smallest absolute Gasteiger partial charge is 0.337 e. The molecule has 2 aromatic rings. The molecule has 0 aliphatic heterocycles. The van der Waals surface area contributed by atoms with Gasteiger partial charge in [-0.15, -0.1) is 0 Å². The Morgan fingerprint density at radius 2 is 1.81 bits per heavy atom. The molecule has 7 heteroatoms. The molecule has 0 heterocycles.